The quantitative estimate of drug-likeness (QED) is 0.134. The van der Waals surface area contributed by atoms with Crippen LogP contribution in [0.5, 0.6) is 11.5 Å². The number of fused-ring (bicyclic) bond motifs is 1. The third-order valence-corrected chi connectivity index (χ3v) is 13.5. The Morgan fingerprint density at radius 3 is 2.35 bits per heavy atom. The van der Waals surface area contributed by atoms with Crippen LogP contribution in [0.25, 0.3) is 16.6 Å². The van der Waals surface area contributed by atoms with Crippen molar-refractivity contribution >= 4 is 50.2 Å². The third-order valence-electron chi connectivity index (χ3n) is 12.0. The summed E-state index contributed by atoms with van der Waals surface area (Å²) in [7, 11) is -2.82. The molecule has 2 aromatic heterocycles. The second kappa shape index (κ2) is 19.0. The van der Waals surface area contributed by atoms with Gasteiger partial charge in [0.25, 0.3) is 5.56 Å². The van der Waals surface area contributed by atoms with Gasteiger partial charge in [0, 0.05) is 45.5 Å². The lowest BCUT2D eigenvalue weighted by molar-refractivity contribution is -0.133. The summed E-state index contributed by atoms with van der Waals surface area (Å²) in [6.07, 6.45) is 5.63. The Hall–Kier alpha value is -6.36. The summed E-state index contributed by atoms with van der Waals surface area (Å²) < 4.78 is 80.2. The number of piperazine rings is 1. The van der Waals surface area contributed by atoms with E-state index < -0.39 is 51.1 Å². The molecule has 3 aliphatic heterocycles. The number of aromatic nitrogens is 4. The first-order valence-electron chi connectivity index (χ1n) is 21.2. The Morgan fingerprint density at radius 1 is 0.923 bits per heavy atom. The SMILES string of the molecule is CCN(C)S(=O)(=O)Nc1ccc(F)c(Oc2ccc3ncn(-c4cnc(N5CCN(C(=O)CN6CCC(c7ccc(N[C@@H]8CCC(O)NC8=O)cc7F)CC6)CC5)nc4)c(=O)c3c2)c1F. The zero-order valence-electron chi connectivity index (χ0n) is 35.6. The van der Waals surface area contributed by atoms with Crippen molar-refractivity contribution in [2.24, 2.45) is 0 Å². The number of benzene rings is 3. The monoisotopic (exact) mass is 919 g/mol. The highest BCUT2D eigenvalue weighted by molar-refractivity contribution is 7.90. The van der Waals surface area contributed by atoms with Crippen molar-refractivity contribution in [1.29, 1.82) is 0 Å². The maximum atomic E-state index is 15.4. The smallest absolute Gasteiger partial charge is 0.301 e. The highest BCUT2D eigenvalue weighted by Gasteiger charge is 2.30. The van der Waals surface area contributed by atoms with Crippen LogP contribution < -0.4 is 30.6 Å². The van der Waals surface area contributed by atoms with Crippen LogP contribution in [0.4, 0.5) is 30.5 Å². The summed E-state index contributed by atoms with van der Waals surface area (Å²) in [5, 5.41) is 15.2. The molecule has 344 valence electrons. The number of carbonyl (C=O) groups excluding carboxylic acids is 2. The molecule has 0 saturated carbocycles. The number of aliphatic hydroxyl groups is 1. The predicted octanol–water partition coefficient (Wildman–Crippen LogP) is 3.53. The minimum absolute atomic E-state index is 0.00340. The van der Waals surface area contributed by atoms with Crippen LogP contribution in [0.15, 0.2) is 72.0 Å². The highest BCUT2D eigenvalue weighted by Crippen LogP contribution is 2.34. The van der Waals surface area contributed by atoms with E-state index in [2.05, 4.69) is 35.2 Å². The largest absolute Gasteiger partial charge is 0.451 e. The van der Waals surface area contributed by atoms with Crippen molar-refractivity contribution in [1.82, 2.24) is 38.9 Å². The number of nitrogens with zero attached hydrogens (tertiary/aromatic N) is 8. The highest BCUT2D eigenvalue weighted by atomic mass is 32.2. The average Bonchev–Trinajstić information content (AvgIpc) is 3.30. The molecule has 0 bridgehead atoms. The summed E-state index contributed by atoms with van der Waals surface area (Å²) in [5.74, 6) is -3.61. The molecule has 0 spiro atoms. The van der Waals surface area contributed by atoms with E-state index in [0.29, 0.717) is 87.8 Å². The fourth-order valence-corrected chi connectivity index (χ4v) is 9.02. The van der Waals surface area contributed by atoms with Crippen molar-refractivity contribution in [2.45, 2.75) is 50.8 Å². The minimum Gasteiger partial charge on any atom is -0.451 e. The molecule has 22 heteroatoms. The Morgan fingerprint density at radius 2 is 1.66 bits per heavy atom. The summed E-state index contributed by atoms with van der Waals surface area (Å²) in [6.45, 7) is 5.12. The molecule has 5 heterocycles. The molecule has 2 atom stereocenters. The van der Waals surface area contributed by atoms with Crippen molar-refractivity contribution < 1.29 is 41.0 Å². The topological polar surface area (TPSA) is 207 Å². The van der Waals surface area contributed by atoms with Gasteiger partial charge in [-0.25, -0.2) is 28.1 Å². The Balaban J connectivity index is 0.836. The van der Waals surface area contributed by atoms with Crippen LogP contribution >= 0.6 is 0 Å². The molecule has 8 rings (SSSR count). The van der Waals surface area contributed by atoms with Crippen molar-refractivity contribution in [3.63, 3.8) is 0 Å². The zero-order valence-corrected chi connectivity index (χ0v) is 36.4. The Bertz CT molecular complexity index is 2750. The van der Waals surface area contributed by atoms with Gasteiger partial charge in [0.1, 0.15) is 30.2 Å². The molecule has 3 aliphatic rings. The number of carbonyl (C=O) groups is 2. The van der Waals surface area contributed by atoms with Crippen LogP contribution in [-0.2, 0) is 19.8 Å². The summed E-state index contributed by atoms with van der Waals surface area (Å²) in [5.41, 5.74) is 0.629. The first-order valence-corrected chi connectivity index (χ1v) is 22.6. The molecule has 5 aromatic rings. The maximum absolute atomic E-state index is 15.4. The molecule has 3 saturated heterocycles. The van der Waals surface area contributed by atoms with Crippen molar-refractivity contribution in [3.8, 4) is 17.2 Å². The van der Waals surface area contributed by atoms with Crippen LogP contribution in [-0.4, -0.2) is 131 Å². The number of rotatable bonds is 13. The van der Waals surface area contributed by atoms with Gasteiger partial charge in [-0.15, -0.1) is 0 Å². The molecular formula is C43H48F3N11O7S. The Labute approximate surface area is 372 Å². The Kier molecular flexibility index (Phi) is 13.2. The molecule has 3 fully saturated rings. The molecule has 2 amide bonds. The number of piperidine rings is 2. The van der Waals surface area contributed by atoms with Gasteiger partial charge < -0.3 is 30.3 Å². The molecule has 18 nitrogen and oxygen atoms in total. The first-order chi connectivity index (χ1) is 31.2. The fourth-order valence-electron chi connectivity index (χ4n) is 8.09. The first kappa shape index (κ1) is 45.2. The number of ether oxygens (including phenoxy) is 1. The molecule has 1 unspecified atom stereocenters. The summed E-state index contributed by atoms with van der Waals surface area (Å²) in [4.78, 5) is 58.3. The van der Waals surface area contributed by atoms with Gasteiger partial charge in [0.05, 0.1) is 41.2 Å². The van der Waals surface area contributed by atoms with Gasteiger partial charge in [-0.3, -0.25) is 28.6 Å². The average molecular weight is 920 g/mol. The molecule has 65 heavy (non-hydrogen) atoms. The van der Waals surface area contributed by atoms with Crippen LogP contribution in [0.2, 0.25) is 0 Å². The van der Waals surface area contributed by atoms with Gasteiger partial charge >= 0.3 is 10.2 Å². The molecule has 0 aliphatic carbocycles. The lowest BCUT2D eigenvalue weighted by atomic mass is 9.89. The van der Waals surface area contributed by atoms with Crippen molar-refractivity contribution in [3.05, 3.63) is 101 Å². The van der Waals surface area contributed by atoms with Gasteiger partial charge in [0.2, 0.25) is 23.5 Å². The van der Waals surface area contributed by atoms with E-state index in [-0.39, 0.29) is 53.3 Å². The summed E-state index contributed by atoms with van der Waals surface area (Å²) >= 11 is 0. The number of amides is 2. The van der Waals surface area contributed by atoms with Crippen LogP contribution in [0.3, 0.4) is 0 Å². The zero-order chi connectivity index (χ0) is 46.0. The van der Waals surface area contributed by atoms with E-state index in [4.69, 9.17) is 4.74 Å². The summed E-state index contributed by atoms with van der Waals surface area (Å²) in [6, 6.07) is 10.3. The lowest BCUT2D eigenvalue weighted by Crippen LogP contribution is -2.52. The number of anilines is 3. The maximum Gasteiger partial charge on any atom is 0.301 e. The number of aliphatic hydroxyl groups excluding tert-OH is 1. The second-order valence-corrected chi connectivity index (χ2v) is 17.9. The van der Waals surface area contributed by atoms with E-state index in [1.165, 1.54) is 54.6 Å². The number of nitrogens with one attached hydrogen (secondary N) is 3. The predicted molar refractivity (Wildman–Crippen MR) is 235 cm³/mol. The standard InChI is InChI=1S/C43H48F3N11O7S/c1-3-53(2)65(62,63)52-35-9-7-32(44)40(39(35)46)64-29-5-8-34-31(21-29)42(61)57(25-49-34)28-22-47-43(48-23-28)56-18-16-55(17-19-56)38(59)24-54-14-12-26(13-15-54)30-6-4-27(20-33(30)45)50-36-10-11-37(58)51-41(36)60/h4-9,20-23,25-26,36-37,50,52,58H,3,10-19,24H2,1-2H3,(H,51,60)/t36-,37?/m1/s1. The molecule has 4 N–H and O–H groups in total. The van der Waals surface area contributed by atoms with Gasteiger partial charge in [-0.05, 0) is 92.7 Å². The van der Waals surface area contributed by atoms with E-state index in [1.807, 2.05) is 4.90 Å². The van der Waals surface area contributed by atoms with E-state index in [0.717, 1.165) is 16.4 Å². The van der Waals surface area contributed by atoms with Gasteiger partial charge in [0.15, 0.2) is 11.6 Å². The molecule has 0 radical (unpaired) electrons. The number of likely N-dealkylation sites (tertiary alicyclic amines) is 1. The van der Waals surface area contributed by atoms with E-state index in [1.54, 1.807) is 24.0 Å². The molecular weight excluding hydrogens is 872 g/mol. The van der Waals surface area contributed by atoms with Crippen molar-refractivity contribution in [2.75, 3.05) is 74.3 Å². The van der Waals surface area contributed by atoms with Crippen LogP contribution in [0.1, 0.15) is 44.1 Å². The number of hydrogen-bond donors (Lipinski definition) is 4. The number of hydrogen-bond acceptors (Lipinski definition) is 13. The lowest BCUT2D eigenvalue weighted by Gasteiger charge is -2.37. The van der Waals surface area contributed by atoms with E-state index >= 15 is 8.78 Å². The third kappa shape index (κ3) is 9.99. The normalized spacial score (nSPS) is 18.8. The molecule has 3 aromatic carbocycles. The minimum atomic E-state index is -4.12. The van der Waals surface area contributed by atoms with Gasteiger partial charge in [-0.2, -0.15) is 12.7 Å². The second-order valence-electron chi connectivity index (χ2n) is 16.2. The number of halogens is 3. The van der Waals surface area contributed by atoms with E-state index in [9.17, 15) is 32.3 Å². The van der Waals surface area contributed by atoms with Crippen LogP contribution in [0, 0.1) is 17.5 Å². The van der Waals surface area contributed by atoms with Gasteiger partial charge in [-0.1, -0.05) is 13.0 Å². The fraction of sp³-hybridized carbons (Fsp3) is 0.395.